The second-order valence-electron chi connectivity index (χ2n) is 5.04. The number of halogens is 1. The average molecular weight is 302 g/mol. The molecule has 2 N–H and O–H groups in total. The molecule has 0 unspecified atom stereocenters. The minimum Gasteiger partial charge on any atom is -0.461 e. The number of carbonyl (C=O) groups excluding carboxylic acids is 2. The Hall–Kier alpha value is -2.63. The predicted molar refractivity (Wildman–Crippen MR) is 79.1 cm³/mol. The van der Waals surface area contributed by atoms with E-state index in [0.29, 0.717) is 23.2 Å². The van der Waals surface area contributed by atoms with Crippen LogP contribution in [0.5, 0.6) is 5.75 Å². The summed E-state index contributed by atoms with van der Waals surface area (Å²) in [5, 5.41) is 2.67. The molecule has 0 fully saturated rings. The van der Waals surface area contributed by atoms with Crippen LogP contribution >= 0.6 is 0 Å². The number of alkyl halides is 1. The number of ether oxygens (including phenoxy) is 1. The van der Waals surface area contributed by atoms with Crippen molar-refractivity contribution in [1.29, 1.82) is 0 Å². The van der Waals surface area contributed by atoms with Crippen molar-refractivity contribution in [2.45, 2.75) is 19.3 Å². The van der Waals surface area contributed by atoms with Gasteiger partial charge in [0.1, 0.15) is 5.75 Å². The van der Waals surface area contributed by atoms with Gasteiger partial charge in [0.25, 0.3) is 5.91 Å². The fraction of sp³-hybridized carbons (Fsp3) is 0.250. The largest absolute Gasteiger partial charge is 0.461 e. The van der Waals surface area contributed by atoms with E-state index in [1.807, 2.05) is 0 Å². The number of aryl methyl sites for hydroxylation is 1. The fourth-order valence-electron chi connectivity index (χ4n) is 2.66. The van der Waals surface area contributed by atoms with Gasteiger partial charge in [0.2, 0.25) is 6.86 Å². The van der Waals surface area contributed by atoms with Crippen LogP contribution < -0.4 is 10.1 Å². The van der Waals surface area contributed by atoms with E-state index in [2.05, 4.69) is 10.3 Å². The lowest BCUT2D eigenvalue weighted by Gasteiger charge is -2.13. The summed E-state index contributed by atoms with van der Waals surface area (Å²) in [6, 6.07) is 6.57. The number of carbonyl (C=O) groups is 2. The molecular formula is C16H15FN2O3. The van der Waals surface area contributed by atoms with Crippen molar-refractivity contribution in [1.82, 2.24) is 4.98 Å². The lowest BCUT2D eigenvalue weighted by atomic mass is 9.93. The van der Waals surface area contributed by atoms with Gasteiger partial charge in [0.15, 0.2) is 5.78 Å². The van der Waals surface area contributed by atoms with Crippen molar-refractivity contribution in [2.75, 3.05) is 12.2 Å². The molecule has 1 amide bonds. The zero-order valence-corrected chi connectivity index (χ0v) is 11.8. The maximum Gasteiger partial charge on any atom is 0.258 e. The van der Waals surface area contributed by atoms with Crippen molar-refractivity contribution in [3.63, 3.8) is 0 Å². The summed E-state index contributed by atoms with van der Waals surface area (Å²) in [6.45, 7) is -0.981. The third-order valence-corrected chi connectivity index (χ3v) is 3.66. The van der Waals surface area contributed by atoms with Crippen LogP contribution in [0.25, 0.3) is 0 Å². The van der Waals surface area contributed by atoms with Gasteiger partial charge in [-0.3, -0.25) is 9.59 Å². The molecule has 114 valence electrons. The van der Waals surface area contributed by atoms with E-state index in [1.165, 1.54) is 0 Å². The van der Waals surface area contributed by atoms with Gasteiger partial charge < -0.3 is 15.0 Å². The Labute approximate surface area is 126 Å². The van der Waals surface area contributed by atoms with E-state index in [9.17, 15) is 14.0 Å². The van der Waals surface area contributed by atoms with E-state index in [0.717, 1.165) is 18.5 Å². The molecule has 0 spiro atoms. The van der Waals surface area contributed by atoms with Crippen LogP contribution in [0.1, 0.15) is 39.3 Å². The normalized spacial score (nSPS) is 13.6. The Morgan fingerprint density at radius 2 is 2.14 bits per heavy atom. The third-order valence-electron chi connectivity index (χ3n) is 3.66. The molecule has 0 saturated heterocycles. The van der Waals surface area contributed by atoms with Crippen molar-refractivity contribution < 1.29 is 18.7 Å². The Morgan fingerprint density at radius 3 is 2.95 bits per heavy atom. The predicted octanol–water partition coefficient (Wildman–Crippen LogP) is 3.09. The zero-order valence-electron chi connectivity index (χ0n) is 11.8. The molecule has 5 nitrogen and oxygen atoms in total. The SMILES string of the molecule is O=C(Nc1ccccc1OCF)c1c[nH]c2c1C(=O)CCC2. The number of hydrogen-bond donors (Lipinski definition) is 2. The number of rotatable bonds is 4. The number of fused-ring (bicyclic) bond motifs is 1. The number of ketones is 1. The first-order valence-corrected chi connectivity index (χ1v) is 7.03. The van der Waals surface area contributed by atoms with E-state index in [4.69, 9.17) is 4.74 Å². The van der Waals surface area contributed by atoms with Gasteiger partial charge >= 0.3 is 0 Å². The molecule has 1 aromatic heterocycles. The van der Waals surface area contributed by atoms with Gasteiger partial charge in [0, 0.05) is 18.3 Å². The number of amides is 1. The summed E-state index contributed by atoms with van der Waals surface area (Å²) in [4.78, 5) is 27.4. The molecule has 22 heavy (non-hydrogen) atoms. The highest BCUT2D eigenvalue weighted by Gasteiger charge is 2.26. The van der Waals surface area contributed by atoms with Crippen LogP contribution in [0, 0.1) is 0 Å². The molecule has 0 aliphatic heterocycles. The zero-order chi connectivity index (χ0) is 15.5. The summed E-state index contributed by atoms with van der Waals surface area (Å²) >= 11 is 0. The Bertz CT molecular complexity index is 724. The second-order valence-corrected chi connectivity index (χ2v) is 5.04. The van der Waals surface area contributed by atoms with Crippen molar-refractivity contribution in [3.05, 3.63) is 47.3 Å². The molecular weight excluding hydrogens is 287 g/mol. The number of H-pyrrole nitrogens is 1. The molecule has 1 aliphatic rings. The monoisotopic (exact) mass is 302 g/mol. The van der Waals surface area contributed by atoms with Crippen molar-refractivity contribution >= 4 is 17.4 Å². The molecule has 3 rings (SSSR count). The van der Waals surface area contributed by atoms with Gasteiger partial charge in [-0.05, 0) is 25.0 Å². The lowest BCUT2D eigenvalue weighted by Crippen LogP contribution is -2.18. The molecule has 0 radical (unpaired) electrons. The van der Waals surface area contributed by atoms with E-state index < -0.39 is 12.8 Å². The highest BCUT2D eigenvalue weighted by atomic mass is 19.1. The maximum absolute atomic E-state index is 12.4. The van der Waals surface area contributed by atoms with Crippen LogP contribution in [-0.2, 0) is 6.42 Å². The van der Waals surface area contributed by atoms with Crippen LogP contribution in [0.2, 0.25) is 0 Å². The molecule has 0 bridgehead atoms. The summed E-state index contributed by atoms with van der Waals surface area (Å²) < 4.78 is 17.2. The van der Waals surface area contributed by atoms with Gasteiger partial charge in [-0.1, -0.05) is 12.1 Å². The quantitative estimate of drug-likeness (QED) is 0.911. The van der Waals surface area contributed by atoms with Gasteiger partial charge in [0.05, 0.1) is 16.8 Å². The molecule has 1 aromatic carbocycles. The van der Waals surface area contributed by atoms with Crippen LogP contribution in [-0.4, -0.2) is 23.5 Å². The van der Waals surface area contributed by atoms with Gasteiger partial charge in [-0.15, -0.1) is 0 Å². The Morgan fingerprint density at radius 1 is 1.32 bits per heavy atom. The van der Waals surface area contributed by atoms with Crippen LogP contribution in [0.3, 0.4) is 0 Å². The summed E-state index contributed by atoms with van der Waals surface area (Å²) in [5.41, 5.74) is 1.94. The number of para-hydroxylation sites is 2. The topological polar surface area (TPSA) is 71.2 Å². The number of aromatic amines is 1. The van der Waals surface area contributed by atoms with Crippen LogP contribution in [0.4, 0.5) is 10.1 Å². The number of hydrogen-bond acceptors (Lipinski definition) is 3. The van der Waals surface area contributed by atoms with Crippen molar-refractivity contribution in [2.24, 2.45) is 0 Å². The number of nitrogens with one attached hydrogen (secondary N) is 2. The number of benzene rings is 1. The maximum atomic E-state index is 12.4. The smallest absolute Gasteiger partial charge is 0.258 e. The van der Waals surface area contributed by atoms with E-state index in [-0.39, 0.29) is 11.5 Å². The lowest BCUT2D eigenvalue weighted by molar-refractivity contribution is 0.0956. The number of aromatic nitrogens is 1. The first-order valence-electron chi connectivity index (χ1n) is 7.03. The van der Waals surface area contributed by atoms with Crippen molar-refractivity contribution in [3.8, 4) is 5.75 Å². The van der Waals surface area contributed by atoms with Gasteiger partial charge in [-0.2, -0.15) is 0 Å². The minimum atomic E-state index is -0.981. The first kappa shape index (κ1) is 14.3. The number of Topliss-reactive ketones (excluding diaryl/α,β-unsaturated/α-hetero) is 1. The molecule has 2 aromatic rings. The minimum absolute atomic E-state index is 0.0269. The fourth-order valence-corrected chi connectivity index (χ4v) is 2.66. The summed E-state index contributed by atoms with van der Waals surface area (Å²) in [6.07, 6.45) is 3.55. The Balaban J connectivity index is 1.87. The van der Waals surface area contributed by atoms with Crippen LogP contribution in [0.15, 0.2) is 30.5 Å². The summed E-state index contributed by atoms with van der Waals surface area (Å²) in [7, 11) is 0. The molecule has 1 aliphatic carbocycles. The highest BCUT2D eigenvalue weighted by Crippen LogP contribution is 2.27. The Kier molecular flexibility index (Phi) is 3.91. The standard InChI is InChI=1S/C16H15FN2O3/c17-9-22-14-7-2-1-4-11(14)19-16(21)10-8-18-12-5-3-6-13(20)15(10)12/h1-2,4,7-8,18H,3,5-6,9H2,(H,19,21). The summed E-state index contributed by atoms with van der Waals surface area (Å²) in [5.74, 6) is -0.197. The molecule has 0 atom stereocenters. The van der Waals surface area contributed by atoms with Gasteiger partial charge in [-0.25, -0.2) is 4.39 Å². The molecule has 6 heteroatoms. The number of anilines is 1. The first-order chi connectivity index (χ1) is 10.7. The highest BCUT2D eigenvalue weighted by molar-refractivity contribution is 6.14. The molecule has 1 heterocycles. The second kappa shape index (κ2) is 6.01. The van der Waals surface area contributed by atoms with E-state index in [1.54, 1.807) is 30.5 Å². The average Bonchev–Trinajstić information content (AvgIpc) is 2.95. The molecule has 0 saturated carbocycles. The van der Waals surface area contributed by atoms with E-state index >= 15 is 0 Å². The third kappa shape index (κ3) is 2.59.